The Labute approximate surface area is 89.5 Å². The molecule has 2 N–H and O–H groups in total. The van der Waals surface area contributed by atoms with E-state index in [9.17, 15) is 5.11 Å². The summed E-state index contributed by atoms with van der Waals surface area (Å²) >= 11 is 0. The van der Waals surface area contributed by atoms with E-state index < -0.39 is 6.10 Å². The van der Waals surface area contributed by atoms with Crippen molar-refractivity contribution in [3.05, 3.63) is 24.0 Å². The molecule has 0 aromatic carbocycles. The molecular weight excluding hydrogens is 194 g/mol. The van der Waals surface area contributed by atoms with Gasteiger partial charge in [0.15, 0.2) is 0 Å². The number of pyridine rings is 1. The van der Waals surface area contributed by atoms with E-state index in [0.717, 1.165) is 12.0 Å². The number of aromatic nitrogens is 1. The van der Waals surface area contributed by atoms with Crippen LogP contribution in [0.25, 0.3) is 0 Å². The zero-order chi connectivity index (χ0) is 11.1. The monoisotopic (exact) mass is 211 g/mol. The van der Waals surface area contributed by atoms with E-state index in [1.165, 1.54) is 0 Å². The lowest BCUT2D eigenvalue weighted by Gasteiger charge is -2.10. The molecule has 84 valence electrons. The number of ether oxygens (including phenoxy) is 1. The van der Waals surface area contributed by atoms with E-state index in [0.29, 0.717) is 18.6 Å². The van der Waals surface area contributed by atoms with Crippen LogP contribution in [0.4, 0.5) is 0 Å². The van der Waals surface area contributed by atoms with Gasteiger partial charge in [0.2, 0.25) is 0 Å². The van der Waals surface area contributed by atoms with Crippen molar-refractivity contribution >= 4 is 0 Å². The largest absolute Gasteiger partial charge is 0.495 e. The number of unbranched alkanes of at least 4 members (excludes halogenated alkanes) is 1. The summed E-state index contributed by atoms with van der Waals surface area (Å²) in [4.78, 5) is 3.97. The third kappa shape index (κ3) is 3.85. The molecule has 0 bridgehead atoms. The Kier molecular flexibility index (Phi) is 5.07. The lowest BCUT2D eigenvalue weighted by Crippen LogP contribution is -1.99. The van der Waals surface area contributed by atoms with Crippen molar-refractivity contribution in [2.75, 3.05) is 13.7 Å². The number of nitrogens with zero attached hydrogens (tertiary/aromatic N) is 1. The summed E-state index contributed by atoms with van der Waals surface area (Å²) in [6.45, 7) is 0.170. The lowest BCUT2D eigenvalue weighted by atomic mass is 10.1. The van der Waals surface area contributed by atoms with Crippen LogP contribution < -0.4 is 4.74 Å². The van der Waals surface area contributed by atoms with E-state index in [-0.39, 0.29) is 6.61 Å². The highest BCUT2D eigenvalue weighted by Crippen LogP contribution is 2.21. The van der Waals surface area contributed by atoms with Gasteiger partial charge in [-0.05, 0) is 25.3 Å². The smallest absolute Gasteiger partial charge is 0.137 e. The maximum absolute atomic E-state index is 9.79. The highest BCUT2D eigenvalue weighted by molar-refractivity contribution is 5.24. The standard InChI is InChI=1S/C11H17NO3/c1-15-10-6-9(7-12-8-10)11(14)4-2-3-5-13/h6-8,11,13-14H,2-5H2,1H3. The molecule has 0 radical (unpaired) electrons. The predicted molar refractivity (Wildman–Crippen MR) is 56.7 cm³/mol. The van der Waals surface area contributed by atoms with Crippen molar-refractivity contribution in [3.8, 4) is 5.75 Å². The van der Waals surface area contributed by atoms with Crippen molar-refractivity contribution < 1.29 is 14.9 Å². The molecule has 0 amide bonds. The molecule has 4 heteroatoms. The average molecular weight is 211 g/mol. The molecule has 1 aromatic heterocycles. The summed E-state index contributed by atoms with van der Waals surface area (Å²) in [5, 5.41) is 18.4. The van der Waals surface area contributed by atoms with Gasteiger partial charge in [-0.25, -0.2) is 0 Å². The van der Waals surface area contributed by atoms with E-state index >= 15 is 0 Å². The Morgan fingerprint density at radius 3 is 2.87 bits per heavy atom. The molecule has 0 aliphatic heterocycles. The molecule has 0 saturated carbocycles. The fourth-order valence-corrected chi connectivity index (χ4v) is 1.35. The minimum absolute atomic E-state index is 0.170. The first-order valence-electron chi connectivity index (χ1n) is 5.05. The molecule has 1 rings (SSSR count). The second-order valence-corrected chi connectivity index (χ2v) is 3.39. The summed E-state index contributed by atoms with van der Waals surface area (Å²) in [6, 6.07) is 1.77. The van der Waals surface area contributed by atoms with Crippen molar-refractivity contribution in [3.63, 3.8) is 0 Å². The number of hydrogen-bond acceptors (Lipinski definition) is 4. The Morgan fingerprint density at radius 1 is 1.40 bits per heavy atom. The Morgan fingerprint density at radius 2 is 2.20 bits per heavy atom. The third-order valence-corrected chi connectivity index (χ3v) is 2.24. The number of aliphatic hydroxyl groups is 2. The fourth-order valence-electron chi connectivity index (χ4n) is 1.35. The number of hydrogen-bond donors (Lipinski definition) is 2. The second kappa shape index (κ2) is 6.37. The summed E-state index contributed by atoms with van der Waals surface area (Å²) in [6.07, 6.45) is 4.86. The Balaban J connectivity index is 2.52. The maximum atomic E-state index is 9.79. The molecule has 0 saturated heterocycles. The molecule has 15 heavy (non-hydrogen) atoms. The van der Waals surface area contributed by atoms with Gasteiger partial charge in [0.25, 0.3) is 0 Å². The van der Waals surface area contributed by atoms with Crippen LogP contribution in [0.5, 0.6) is 5.75 Å². The first kappa shape index (κ1) is 11.9. The van der Waals surface area contributed by atoms with Crippen LogP contribution in [0.1, 0.15) is 30.9 Å². The SMILES string of the molecule is COc1cncc(C(O)CCCCO)c1. The molecule has 1 atom stereocenters. The summed E-state index contributed by atoms with van der Waals surface area (Å²) in [5.41, 5.74) is 0.757. The van der Waals surface area contributed by atoms with E-state index in [1.807, 2.05) is 0 Å². The van der Waals surface area contributed by atoms with Crippen molar-refractivity contribution in [1.29, 1.82) is 0 Å². The molecule has 4 nitrogen and oxygen atoms in total. The van der Waals surface area contributed by atoms with Crippen molar-refractivity contribution in [1.82, 2.24) is 4.98 Å². The predicted octanol–water partition coefficient (Wildman–Crippen LogP) is 1.29. The van der Waals surface area contributed by atoms with E-state index in [1.54, 1.807) is 25.6 Å². The molecule has 0 spiro atoms. The molecule has 0 aliphatic carbocycles. The first-order chi connectivity index (χ1) is 7.27. The van der Waals surface area contributed by atoms with E-state index in [4.69, 9.17) is 9.84 Å². The van der Waals surface area contributed by atoms with Crippen LogP contribution in [0.3, 0.4) is 0 Å². The third-order valence-electron chi connectivity index (χ3n) is 2.24. The van der Waals surface area contributed by atoms with Crippen LogP contribution in [-0.4, -0.2) is 28.9 Å². The highest BCUT2D eigenvalue weighted by atomic mass is 16.5. The Bertz CT molecular complexity index is 291. The van der Waals surface area contributed by atoms with Crippen LogP contribution in [0.15, 0.2) is 18.5 Å². The lowest BCUT2D eigenvalue weighted by molar-refractivity contribution is 0.158. The summed E-state index contributed by atoms with van der Waals surface area (Å²) < 4.78 is 5.02. The van der Waals surface area contributed by atoms with Gasteiger partial charge >= 0.3 is 0 Å². The maximum Gasteiger partial charge on any atom is 0.137 e. The molecule has 0 aliphatic rings. The van der Waals surface area contributed by atoms with Gasteiger partial charge in [0.05, 0.1) is 19.4 Å². The summed E-state index contributed by atoms with van der Waals surface area (Å²) in [7, 11) is 1.57. The Hall–Kier alpha value is -1.13. The van der Waals surface area contributed by atoms with Gasteiger partial charge in [-0.15, -0.1) is 0 Å². The molecule has 1 unspecified atom stereocenters. The molecule has 1 aromatic rings. The average Bonchev–Trinajstić information content (AvgIpc) is 2.29. The highest BCUT2D eigenvalue weighted by Gasteiger charge is 2.08. The van der Waals surface area contributed by atoms with Gasteiger partial charge < -0.3 is 14.9 Å². The second-order valence-electron chi connectivity index (χ2n) is 3.39. The van der Waals surface area contributed by atoms with Gasteiger partial charge in [-0.3, -0.25) is 4.98 Å². The normalized spacial score (nSPS) is 12.5. The van der Waals surface area contributed by atoms with E-state index in [2.05, 4.69) is 4.98 Å². The van der Waals surface area contributed by atoms with Crippen LogP contribution >= 0.6 is 0 Å². The van der Waals surface area contributed by atoms with Crippen LogP contribution in [-0.2, 0) is 0 Å². The van der Waals surface area contributed by atoms with Gasteiger partial charge in [-0.2, -0.15) is 0 Å². The van der Waals surface area contributed by atoms with Crippen LogP contribution in [0.2, 0.25) is 0 Å². The van der Waals surface area contributed by atoms with Crippen LogP contribution in [0, 0.1) is 0 Å². The topological polar surface area (TPSA) is 62.6 Å². The zero-order valence-corrected chi connectivity index (χ0v) is 8.89. The minimum atomic E-state index is -0.529. The fraction of sp³-hybridized carbons (Fsp3) is 0.545. The molecule has 0 fully saturated rings. The van der Waals surface area contributed by atoms with Crippen molar-refractivity contribution in [2.45, 2.75) is 25.4 Å². The van der Waals surface area contributed by atoms with Gasteiger partial charge in [0, 0.05) is 18.4 Å². The molecule has 1 heterocycles. The number of rotatable bonds is 6. The number of methoxy groups -OCH3 is 1. The zero-order valence-electron chi connectivity index (χ0n) is 8.89. The molecular formula is C11H17NO3. The minimum Gasteiger partial charge on any atom is -0.495 e. The van der Waals surface area contributed by atoms with Gasteiger partial charge in [-0.1, -0.05) is 0 Å². The quantitative estimate of drug-likeness (QED) is 0.696. The number of aliphatic hydroxyl groups excluding tert-OH is 2. The van der Waals surface area contributed by atoms with Crippen molar-refractivity contribution in [2.24, 2.45) is 0 Å². The first-order valence-corrected chi connectivity index (χ1v) is 5.05. The van der Waals surface area contributed by atoms with Gasteiger partial charge in [0.1, 0.15) is 5.75 Å². The summed E-state index contributed by atoms with van der Waals surface area (Å²) in [5.74, 6) is 0.647.